The van der Waals surface area contributed by atoms with Crippen molar-refractivity contribution in [3.63, 3.8) is 0 Å². The number of aliphatic hydroxyl groups is 1. The van der Waals surface area contributed by atoms with Gasteiger partial charge in [-0.25, -0.2) is 0 Å². The van der Waals surface area contributed by atoms with E-state index in [9.17, 15) is 14.7 Å². The normalized spacial score (nSPS) is 17.1. The quantitative estimate of drug-likeness (QED) is 0.228. The molecule has 1 saturated heterocycles. The highest BCUT2D eigenvalue weighted by molar-refractivity contribution is 6.46. The molecule has 6 nitrogen and oxygen atoms in total. The third-order valence-corrected chi connectivity index (χ3v) is 5.84. The monoisotopic (exact) mass is 454 g/mol. The molecule has 1 atom stereocenters. The molecule has 0 spiro atoms. The van der Waals surface area contributed by atoms with Gasteiger partial charge in [0.1, 0.15) is 18.1 Å². The molecule has 2 aromatic carbocycles. The summed E-state index contributed by atoms with van der Waals surface area (Å²) >= 11 is 0. The fourth-order valence-electron chi connectivity index (χ4n) is 4.03. The number of aliphatic hydroxyl groups excluding tert-OH is 1. The number of ketones is 1. The van der Waals surface area contributed by atoms with Crippen LogP contribution in [0.15, 0.2) is 91.3 Å². The van der Waals surface area contributed by atoms with Crippen LogP contribution in [0.5, 0.6) is 5.75 Å². The number of amides is 1. The Labute approximate surface area is 198 Å². The summed E-state index contributed by atoms with van der Waals surface area (Å²) in [5.41, 5.74) is 3.25. The number of likely N-dealkylation sites (tertiary alicyclic amines) is 1. The van der Waals surface area contributed by atoms with Crippen LogP contribution in [-0.2, 0) is 22.6 Å². The highest BCUT2D eigenvalue weighted by Gasteiger charge is 2.46. The van der Waals surface area contributed by atoms with E-state index in [-0.39, 0.29) is 17.9 Å². The Bertz CT molecular complexity index is 1220. The first-order valence-electron chi connectivity index (χ1n) is 11.1. The summed E-state index contributed by atoms with van der Waals surface area (Å²) in [6.07, 6.45) is 5.81. The van der Waals surface area contributed by atoms with Crippen molar-refractivity contribution in [2.24, 2.45) is 0 Å². The van der Waals surface area contributed by atoms with Gasteiger partial charge in [-0.15, -0.1) is 0 Å². The second-order valence-electron chi connectivity index (χ2n) is 8.00. The molecule has 1 amide bonds. The number of hydrogen-bond acceptors (Lipinski definition) is 5. The van der Waals surface area contributed by atoms with Crippen molar-refractivity contribution in [1.29, 1.82) is 0 Å². The summed E-state index contributed by atoms with van der Waals surface area (Å²) < 4.78 is 5.50. The molecule has 1 aliphatic rings. The number of hydrogen-bond donors (Lipinski definition) is 1. The van der Waals surface area contributed by atoms with Gasteiger partial charge in [-0.2, -0.15) is 0 Å². The standard InChI is InChI=1S/C28H26N2O4/c1-3-17-34-23-11-9-22(10-12-23)26(31)24-25(21-7-5-19(4-2)6-8-21)30(28(33)27(24)32)18-20-13-15-29-16-14-20/h3,5-16,25,31H,1,4,17-18H2,2H3/b26-24-. The average Bonchev–Trinajstić information content (AvgIpc) is 3.13. The summed E-state index contributed by atoms with van der Waals surface area (Å²) in [4.78, 5) is 31.8. The average molecular weight is 455 g/mol. The van der Waals surface area contributed by atoms with Crippen LogP contribution in [0.25, 0.3) is 5.76 Å². The van der Waals surface area contributed by atoms with Crippen LogP contribution in [0, 0.1) is 0 Å². The molecule has 0 radical (unpaired) electrons. The lowest BCUT2D eigenvalue weighted by atomic mass is 9.94. The minimum atomic E-state index is -0.712. The van der Waals surface area contributed by atoms with Crippen molar-refractivity contribution in [3.05, 3.63) is 114 Å². The fraction of sp³-hybridized carbons (Fsp3) is 0.179. The number of benzene rings is 2. The predicted octanol–water partition coefficient (Wildman–Crippen LogP) is 4.83. The molecule has 172 valence electrons. The smallest absolute Gasteiger partial charge is 0.295 e. The first-order valence-corrected chi connectivity index (χ1v) is 11.1. The van der Waals surface area contributed by atoms with Gasteiger partial charge in [-0.05, 0) is 59.5 Å². The van der Waals surface area contributed by atoms with Crippen LogP contribution in [0.3, 0.4) is 0 Å². The molecule has 1 N–H and O–H groups in total. The lowest BCUT2D eigenvalue weighted by Gasteiger charge is -2.25. The predicted molar refractivity (Wildman–Crippen MR) is 130 cm³/mol. The van der Waals surface area contributed by atoms with Gasteiger partial charge in [0.15, 0.2) is 0 Å². The zero-order chi connectivity index (χ0) is 24.1. The van der Waals surface area contributed by atoms with Crippen molar-refractivity contribution in [3.8, 4) is 5.75 Å². The second kappa shape index (κ2) is 10.2. The first kappa shape index (κ1) is 23.0. The maximum atomic E-state index is 13.2. The Morgan fingerprint density at radius 2 is 1.71 bits per heavy atom. The number of carbonyl (C=O) groups excluding carboxylic acids is 2. The minimum Gasteiger partial charge on any atom is -0.507 e. The maximum absolute atomic E-state index is 13.2. The highest BCUT2D eigenvalue weighted by atomic mass is 16.5. The van der Waals surface area contributed by atoms with Crippen molar-refractivity contribution >= 4 is 17.4 Å². The van der Waals surface area contributed by atoms with Crippen LogP contribution < -0.4 is 4.74 Å². The lowest BCUT2D eigenvalue weighted by molar-refractivity contribution is -0.140. The Kier molecular flexibility index (Phi) is 6.87. The van der Waals surface area contributed by atoms with Crippen LogP contribution in [0.1, 0.15) is 35.2 Å². The van der Waals surface area contributed by atoms with Gasteiger partial charge < -0.3 is 14.7 Å². The van der Waals surface area contributed by atoms with Crippen molar-refractivity contribution in [2.45, 2.75) is 25.9 Å². The van der Waals surface area contributed by atoms with Crippen LogP contribution in [0.2, 0.25) is 0 Å². The van der Waals surface area contributed by atoms with E-state index in [1.165, 1.54) is 4.90 Å². The zero-order valence-electron chi connectivity index (χ0n) is 19.0. The second-order valence-corrected chi connectivity index (χ2v) is 8.00. The van der Waals surface area contributed by atoms with E-state index in [2.05, 4.69) is 18.5 Å². The number of aryl methyl sites for hydroxylation is 1. The Balaban J connectivity index is 1.78. The number of Topliss-reactive ketones (excluding diaryl/α,β-unsaturated/α-hetero) is 1. The van der Waals surface area contributed by atoms with E-state index in [0.717, 1.165) is 23.1 Å². The van der Waals surface area contributed by atoms with E-state index in [1.807, 2.05) is 24.3 Å². The third kappa shape index (κ3) is 4.62. The van der Waals surface area contributed by atoms with Gasteiger partial charge in [0.2, 0.25) is 0 Å². The summed E-state index contributed by atoms with van der Waals surface area (Å²) in [6.45, 7) is 6.27. The van der Waals surface area contributed by atoms with Gasteiger partial charge in [-0.3, -0.25) is 14.6 Å². The van der Waals surface area contributed by atoms with Gasteiger partial charge in [-0.1, -0.05) is 43.8 Å². The SMILES string of the molecule is C=CCOc1ccc(/C(O)=C2/C(=O)C(=O)N(Cc3ccncc3)C2c2ccc(CC)cc2)cc1. The van der Waals surface area contributed by atoms with Gasteiger partial charge >= 0.3 is 0 Å². The summed E-state index contributed by atoms with van der Waals surface area (Å²) in [5.74, 6) is -0.950. The van der Waals surface area contributed by atoms with Gasteiger partial charge in [0, 0.05) is 24.5 Å². The molecule has 1 aliphatic heterocycles. The molecule has 0 aliphatic carbocycles. The number of aromatic nitrogens is 1. The van der Waals surface area contributed by atoms with Crippen molar-refractivity contribution in [2.75, 3.05) is 6.61 Å². The summed E-state index contributed by atoms with van der Waals surface area (Å²) in [7, 11) is 0. The molecule has 1 fully saturated rings. The lowest BCUT2D eigenvalue weighted by Crippen LogP contribution is -2.29. The van der Waals surface area contributed by atoms with Crippen LogP contribution >= 0.6 is 0 Å². The molecular formula is C28H26N2O4. The highest BCUT2D eigenvalue weighted by Crippen LogP contribution is 2.40. The Morgan fingerprint density at radius 1 is 1.03 bits per heavy atom. The van der Waals surface area contributed by atoms with Crippen molar-refractivity contribution < 1.29 is 19.4 Å². The summed E-state index contributed by atoms with van der Waals surface area (Å²) in [6, 6.07) is 17.4. The molecule has 1 aromatic heterocycles. The zero-order valence-corrected chi connectivity index (χ0v) is 19.0. The first-order chi connectivity index (χ1) is 16.5. The minimum absolute atomic E-state index is 0.0723. The topological polar surface area (TPSA) is 79.7 Å². The van der Waals surface area contributed by atoms with Crippen molar-refractivity contribution in [1.82, 2.24) is 9.88 Å². The molecule has 1 unspecified atom stereocenters. The third-order valence-electron chi connectivity index (χ3n) is 5.84. The van der Waals surface area contributed by atoms with Gasteiger partial charge in [0.05, 0.1) is 11.6 Å². The molecule has 6 heteroatoms. The van der Waals surface area contributed by atoms with E-state index in [4.69, 9.17) is 4.74 Å². The fourth-order valence-corrected chi connectivity index (χ4v) is 4.03. The maximum Gasteiger partial charge on any atom is 0.295 e. The number of ether oxygens (including phenoxy) is 1. The number of carbonyl (C=O) groups is 2. The number of nitrogens with zero attached hydrogens (tertiary/aromatic N) is 2. The van der Waals surface area contributed by atoms with E-state index >= 15 is 0 Å². The Morgan fingerprint density at radius 3 is 2.32 bits per heavy atom. The molecule has 2 heterocycles. The largest absolute Gasteiger partial charge is 0.507 e. The van der Waals surface area contributed by atoms with E-state index in [0.29, 0.717) is 17.9 Å². The number of rotatable bonds is 8. The molecule has 34 heavy (non-hydrogen) atoms. The molecule has 4 rings (SSSR count). The Hall–Kier alpha value is -4.19. The van der Waals surface area contributed by atoms with E-state index < -0.39 is 17.7 Å². The van der Waals surface area contributed by atoms with E-state index in [1.54, 1.807) is 54.9 Å². The molecule has 0 bridgehead atoms. The molecule has 3 aromatic rings. The molecular weight excluding hydrogens is 428 g/mol. The number of pyridine rings is 1. The van der Waals surface area contributed by atoms with Crippen LogP contribution in [-0.4, -0.2) is 33.3 Å². The molecule has 0 saturated carbocycles. The van der Waals surface area contributed by atoms with Gasteiger partial charge in [0.25, 0.3) is 11.7 Å². The summed E-state index contributed by atoms with van der Waals surface area (Å²) in [5, 5.41) is 11.2. The van der Waals surface area contributed by atoms with Crippen LogP contribution in [0.4, 0.5) is 0 Å².